The van der Waals surface area contributed by atoms with Gasteiger partial charge in [-0.15, -0.1) is 11.3 Å². The van der Waals surface area contributed by atoms with E-state index in [4.69, 9.17) is 0 Å². The van der Waals surface area contributed by atoms with Gasteiger partial charge in [-0.1, -0.05) is 55.8 Å². The van der Waals surface area contributed by atoms with Gasteiger partial charge in [0, 0.05) is 16.0 Å². The zero-order valence-corrected chi connectivity index (χ0v) is 15.6. The Morgan fingerprint density at radius 3 is 2.48 bits per heavy atom. The molecule has 0 bridgehead atoms. The molecule has 130 valence electrons. The van der Waals surface area contributed by atoms with Crippen LogP contribution < -0.4 is 0 Å². The zero-order valence-electron chi connectivity index (χ0n) is 14.8. The van der Waals surface area contributed by atoms with Gasteiger partial charge >= 0.3 is 5.97 Å². The fourth-order valence-electron chi connectivity index (χ4n) is 3.19. The molecule has 1 atom stereocenters. The molecule has 0 saturated carbocycles. The van der Waals surface area contributed by atoms with Crippen molar-refractivity contribution < 1.29 is 9.90 Å². The van der Waals surface area contributed by atoms with E-state index in [0.29, 0.717) is 6.42 Å². The molecular weight excluding hydrogens is 328 g/mol. The van der Waals surface area contributed by atoms with Crippen molar-refractivity contribution in [3.8, 4) is 0 Å². The smallest absolute Gasteiger partial charge is 0.314 e. The van der Waals surface area contributed by atoms with E-state index in [-0.39, 0.29) is 0 Å². The highest BCUT2D eigenvalue weighted by Crippen LogP contribution is 2.34. The molecule has 3 heteroatoms. The predicted molar refractivity (Wildman–Crippen MR) is 106 cm³/mol. The maximum atomic E-state index is 12.1. The molecule has 0 spiro atoms. The van der Waals surface area contributed by atoms with Crippen molar-refractivity contribution in [1.29, 1.82) is 0 Å². The number of aliphatic carboxylic acids is 1. The normalized spacial score (nSPS) is 13.7. The van der Waals surface area contributed by atoms with Gasteiger partial charge in [-0.05, 0) is 48.4 Å². The molecule has 1 heterocycles. The van der Waals surface area contributed by atoms with Gasteiger partial charge in [0.15, 0.2) is 0 Å². The number of rotatable bonds is 7. The molecule has 2 nitrogen and oxygen atoms in total. The lowest BCUT2D eigenvalue weighted by molar-refractivity contribution is -0.143. The van der Waals surface area contributed by atoms with E-state index in [9.17, 15) is 9.90 Å². The summed E-state index contributed by atoms with van der Waals surface area (Å²) in [5.41, 5.74) is 1.24. The molecule has 1 unspecified atom stereocenters. The average molecular weight is 352 g/mol. The molecule has 0 fully saturated rings. The first-order chi connectivity index (χ1) is 12.0. The largest absolute Gasteiger partial charge is 0.481 e. The monoisotopic (exact) mass is 352 g/mol. The maximum Gasteiger partial charge on any atom is 0.314 e. The minimum absolute atomic E-state index is 0.510. The van der Waals surface area contributed by atoms with Crippen molar-refractivity contribution in [3.05, 3.63) is 70.6 Å². The highest BCUT2D eigenvalue weighted by atomic mass is 32.1. The summed E-state index contributed by atoms with van der Waals surface area (Å²) in [5, 5.41) is 11.1. The number of carboxylic acid groups (broad SMARTS) is 1. The van der Waals surface area contributed by atoms with Crippen molar-refractivity contribution in [1.82, 2.24) is 0 Å². The molecule has 3 rings (SSSR count). The van der Waals surface area contributed by atoms with Crippen molar-refractivity contribution >= 4 is 27.4 Å². The van der Waals surface area contributed by atoms with Gasteiger partial charge < -0.3 is 5.11 Å². The minimum atomic E-state index is -0.913. The Morgan fingerprint density at radius 2 is 1.84 bits per heavy atom. The molecule has 0 aliphatic rings. The lowest BCUT2D eigenvalue weighted by Crippen LogP contribution is -2.34. The summed E-state index contributed by atoms with van der Waals surface area (Å²) < 4.78 is 1.21. The lowest BCUT2D eigenvalue weighted by atomic mass is 9.78. The first-order valence-electron chi connectivity index (χ1n) is 8.83. The highest BCUT2D eigenvalue weighted by Gasteiger charge is 2.36. The molecule has 0 amide bonds. The van der Waals surface area contributed by atoms with Crippen LogP contribution in [-0.4, -0.2) is 11.1 Å². The molecular formula is C22H24O2S. The molecule has 2 aromatic carbocycles. The number of carboxylic acids is 1. The van der Waals surface area contributed by atoms with E-state index in [1.807, 2.05) is 31.2 Å². The molecule has 3 aromatic rings. The minimum Gasteiger partial charge on any atom is -0.481 e. The first-order valence-corrected chi connectivity index (χ1v) is 9.65. The Bertz CT molecular complexity index is 830. The summed E-state index contributed by atoms with van der Waals surface area (Å²) in [6.07, 6.45) is 3.89. The van der Waals surface area contributed by atoms with Gasteiger partial charge in [-0.3, -0.25) is 4.79 Å². The van der Waals surface area contributed by atoms with Gasteiger partial charge in [0.2, 0.25) is 0 Å². The van der Waals surface area contributed by atoms with Gasteiger partial charge in [0.25, 0.3) is 0 Å². The number of hydrogen-bond donors (Lipinski definition) is 1. The van der Waals surface area contributed by atoms with E-state index in [0.717, 1.165) is 23.3 Å². The van der Waals surface area contributed by atoms with E-state index >= 15 is 0 Å². The van der Waals surface area contributed by atoms with Crippen LogP contribution in [0.2, 0.25) is 0 Å². The Labute approximate surface area is 153 Å². The lowest BCUT2D eigenvalue weighted by Gasteiger charge is -2.25. The van der Waals surface area contributed by atoms with Crippen LogP contribution in [0.5, 0.6) is 0 Å². The first kappa shape index (κ1) is 17.7. The van der Waals surface area contributed by atoms with Gasteiger partial charge in [-0.25, -0.2) is 0 Å². The quantitative estimate of drug-likeness (QED) is 0.581. The fraction of sp³-hybridized carbons (Fsp3) is 0.318. The Balaban J connectivity index is 1.89. The van der Waals surface area contributed by atoms with Crippen molar-refractivity contribution in [2.75, 3.05) is 0 Å². The second kappa shape index (κ2) is 7.40. The molecule has 25 heavy (non-hydrogen) atoms. The molecule has 0 saturated heterocycles. The third-order valence-corrected chi connectivity index (χ3v) is 6.00. The van der Waals surface area contributed by atoms with Crippen LogP contribution in [0.25, 0.3) is 10.1 Å². The van der Waals surface area contributed by atoms with E-state index < -0.39 is 11.4 Å². The van der Waals surface area contributed by atoms with E-state index in [2.05, 4.69) is 37.3 Å². The van der Waals surface area contributed by atoms with Gasteiger partial charge in [-0.2, -0.15) is 0 Å². The second-order valence-electron chi connectivity index (χ2n) is 6.87. The number of benzene rings is 2. The van der Waals surface area contributed by atoms with Crippen LogP contribution >= 0.6 is 11.3 Å². The second-order valence-corrected chi connectivity index (χ2v) is 8.03. The third kappa shape index (κ3) is 3.77. The van der Waals surface area contributed by atoms with Crippen LogP contribution in [0.1, 0.15) is 42.7 Å². The summed E-state index contributed by atoms with van der Waals surface area (Å²) in [5.74, 6) is -0.772. The SMILES string of the molecule is CCCCc1ccc(C(C)(Cc2cc3ccccc3s2)C(=O)O)cc1. The van der Waals surface area contributed by atoms with Crippen LogP contribution in [0.3, 0.4) is 0 Å². The van der Waals surface area contributed by atoms with Crippen LogP contribution in [0.4, 0.5) is 0 Å². The topological polar surface area (TPSA) is 37.3 Å². The number of fused-ring (bicyclic) bond motifs is 1. The Kier molecular flexibility index (Phi) is 5.24. The van der Waals surface area contributed by atoms with E-state index in [1.54, 1.807) is 11.3 Å². The molecule has 0 radical (unpaired) electrons. The summed E-state index contributed by atoms with van der Waals surface area (Å²) in [6.45, 7) is 4.02. The number of carbonyl (C=O) groups is 1. The number of unbranched alkanes of at least 4 members (excludes halogenated alkanes) is 1. The summed E-state index contributed by atoms with van der Waals surface area (Å²) in [7, 11) is 0. The standard InChI is InChI=1S/C22H24O2S/c1-3-4-7-16-10-12-18(13-11-16)22(2,21(23)24)15-19-14-17-8-5-6-9-20(17)25-19/h5-6,8-14H,3-4,7,15H2,1-2H3,(H,23,24). The number of thiophene rings is 1. The Morgan fingerprint density at radius 1 is 1.12 bits per heavy atom. The highest BCUT2D eigenvalue weighted by molar-refractivity contribution is 7.19. The number of hydrogen-bond acceptors (Lipinski definition) is 2. The number of aryl methyl sites for hydroxylation is 1. The molecule has 0 aliphatic carbocycles. The third-order valence-electron chi connectivity index (χ3n) is 4.89. The predicted octanol–water partition coefficient (Wildman–Crippen LogP) is 5.83. The van der Waals surface area contributed by atoms with Gasteiger partial charge in [0.05, 0.1) is 5.41 Å². The van der Waals surface area contributed by atoms with Crippen LogP contribution in [-0.2, 0) is 23.1 Å². The summed E-state index contributed by atoms with van der Waals surface area (Å²) in [4.78, 5) is 13.2. The van der Waals surface area contributed by atoms with Crippen LogP contribution in [0, 0.1) is 0 Å². The molecule has 1 N–H and O–H groups in total. The van der Waals surface area contributed by atoms with Crippen molar-refractivity contribution in [3.63, 3.8) is 0 Å². The van der Waals surface area contributed by atoms with Crippen LogP contribution in [0.15, 0.2) is 54.6 Å². The summed E-state index contributed by atoms with van der Waals surface area (Å²) >= 11 is 1.69. The van der Waals surface area contributed by atoms with Gasteiger partial charge in [0.1, 0.15) is 0 Å². The zero-order chi connectivity index (χ0) is 17.9. The van der Waals surface area contributed by atoms with Crippen molar-refractivity contribution in [2.45, 2.75) is 44.9 Å². The Hall–Kier alpha value is -2.13. The maximum absolute atomic E-state index is 12.1. The molecule has 0 aliphatic heterocycles. The van der Waals surface area contributed by atoms with E-state index in [1.165, 1.54) is 22.1 Å². The summed E-state index contributed by atoms with van der Waals surface area (Å²) in [6, 6.07) is 18.5. The average Bonchev–Trinajstić information content (AvgIpc) is 3.02. The fourth-order valence-corrected chi connectivity index (χ4v) is 4.41. The van der Waals surface area contributed by atoms with Crippen molar-refractivity contribution in [2.24, 2.45) is 0 Å². The molecule has 1 aromatic heterocycles.